The second-order valence-corrected chi connectivity index (χ2v) is 3.07. The molecule has 0 saturated carbocycles. The first kappa shape index (κ1) is 9.44. The van der Waals surface area contributed by atoms with Crippen molar-refractivity contribution in [2.75, 3.05) is 7.11 Å². The molecule has 0 saturated heterocycles. The quantitative estimate of drug-likeness (QED) is 0.770. The maximum absolute atomic E-state index is 10.5. The van der Waals surface area contributed by atoms with Crippen LogP contribution in [0.4, 0.5) is 5.69 Å². The molecule has 12 heavy (non-hydrogen) atoms. The molecule has 0 aliphatic carbocycles. The molecule has 0 atom stereocenters. The van der Waals surface area contributed by atoms with Crippen molar-refractivity contribution < 1.29 is 10.2 Å². The van der Waals surface area contributed by atoms with Crippen LogP contribution in [0, 0.1) is 12.1 Å². The van der Waals surface area contributed by atoms with E-state index in [9.17, 15) is 5.21 Å². The van der Waals surface area contributed by atoms with Gasteiger partial charge in [-0.2, -0.15) is 0 Å². The Balaban J connectivity index is 3.20. The van der Waals surface area contributed by atoms with Gasteiger partial charge in [-0.3, -0.25) is 0 Å². The van der Waals surface area contributed by atoms with E-state index in [0.29, 0.717) is 11.6 Å². The average molecular weight is 233 g/mol. The number of hydrogen-bond acceptors (Lipinski definition) is 3. The van der Waals surface area contributed by atoms with Gasteiger partial charge in [0.15, 0.2) is 5.69 Å². The number of quaternary nitrogens is 1. The highest BCUT2D eigenvalue weighted by molar-refractivity contribution is 9.10. The minimum atomic E-state index is 0.498. The summed E-state index contributed by atoms with van der Waals surface area (Å²) < 4.78 is 5.68. The molecule has 0 aromatic carbocycles. The van der Waals surface area contributed by atoms with Crippen LogP contribution in [-0.4, -0.2) is 12.1 Å². The highest BCUT2D eigenvalue weighted by Gasteiger charge is 2.09. The van der Waals surface area contributed by atoms with Crippen LogP contribution in [0.2, 0.25) is 0 Å². The predicted molar refractivity (Wildman–Crippen MR) is 48.2 cm³/mol. The number of nitrogens with zero attached hydrogens (tertiary/aromatic N) is 1. The third-order valence-electron chi connectivity index (χ3n) is 1.59. The maximum Gasteiger partial charge on any atom is 0.228 e. The second kappa shape index (κ2) is 3.84. The normalized spacial score (nSPS) is 10.0. The Bertz CT molecular complexity index is 262. The zero-order chi connectivity index (χ0) is 9.14. The Morgan fingerprint density at radius 2 is 2.33 bits per heavy atom. The summed E-state index contributed by atoms with van der Waals surface area (Å²) in [5, 5.41) is 10.5. The Morgan fingerprint density at radius 1 is 1.67 bits per heavy atom. The highest BCUT2D eigenvalue weighted by atomic mass is 79.9. The molecular formula is C7H9BrN2O2. The number of methoxy groups -OCH3 is 1. The van der Waals surface area contributed by atoms with Crippen LogP contribution < -0.4 is 10.2 Å². The fourth-order valence-corrected chi connectivity index (χ4v) is 1.32. The number of halogens is 1. The summed E-state index contributed by atoms with van der Waals surface area (Å²) in [5.74, 6) is 0.498. The van der Waals surface area contributed by atoms with Crippen LogP contribution in [0.25, 0.3) is 0 Å². The Labute approximate surface area is 78.7 Å². The molecule has 1 aromatic rings. The Morgan fingerprint density at radius 3 is 2.83 bits per heavy atom. The fraction of sp³-hybridized carbons (Fsp3) is 0.286. The van der Waals surface area contributed by atoms with Crippen LogP contribution in [-0.2, 0) is 0 Å². The zero-order valence-electron chi connectivity index (χ0n) is 6.80. The monoisotopic (exact) mass is 232 g/mol. The minimum Gasteiger partial charge on any atom is -0.630 e. The average Bonchev–Trinajstić information content (AvgIpc) is 2.10. The van der Waals surface area contributed by atoms with Crippen molar-refractivity contribution in [3.63, 3.8) is 0 Å². The van der Waals surface area contributed by atoms with Crippen LogP contribution in [0.3, 0.4) is 0 Å². The van der Waals surface area contributed by atoms with E-state index >= 15 is 0 Å². The summed E-state index contributed by atoms with van der Waals surface area (Å²) in [5.41, 5.74) is 2.19. The van der Waals surface area contributed by atoms with Crippen LogP contribution in [0.1, 0.15) is 5.56 Å². The van der Waals surface area contributed by atoms with Gasteiger partial charge in [0, 0.05) is 5.56 Å². The van der Waals surface area contributed by atoms with Gasteiger partial charge in [-0.25, -0.2) is 4.98 Å². The highest BCUT2D eigenvalue weighted by Crippen LogP contribution is 2.28. The van der Waals surface area contributed by atoms with Crippen LogP contribution >= 0.6 is 15.9 Å². The molecule has 0 radical (unpaired) electrons. The van der Waals surface area contributed by atoms with E-state index in [0.717, 1.165) is 15.5 Å². The van der Waals surface area contributed by atoms with Gasteiger partial charge in [-0.1, -0.05) is 0 Å². The lowest BCUT2D eigenvalue weighted by Crippen LogP contribution is -2.70. The van der Waals surface area contributed by atoms with Gasteiger partial charge >= 0.3 is 0 Å². The lowest BCUT2D eigenvalue weighted by Gasteiger charge is -2.08. The smallest absolute Gasteiger partial charge is 0.228 e. The third kappa shape index (κ3) is 1.57. The van der Waals surface area contributed by atoms with Gasteiger partial charge < -0.3 is 15.4 Å². The zero-order valence-corrected chi connectivity index (χ0v) is 8.38. The van der Waals surface area contributed by atoms with Crippen LogP contribution in [0.15, 0.2) is 10.7 Å². The van der Waals surface area contributed by atoms with Crippen molar-refractivity contribution in [1.82, 2.24) is 4.98 Å². The first-order valence-electron chi connectivity index (χ1n) is 3.35. The molecule has 0 fully saturated rings. The summed E-state index contributed by atoms with van der Waals surface area (Å²) in [4.78, 5) is 3.93. The van der Waals surface area contributed by atoms with Crippen molar-refractivity contribution >= 4 is 21.6 Å². The molecule has 2 N–H and O–H groups in total. The number of rotatable bonds is 2. The Hall–Kier alpha value is -0.650. The first-order valence-corrected chi connectivity index (χ1v) is 4.14. The molecule has 4 nitrogen and oxygen atoms in total. The van der Waals surface area contributed by atoms with Crippen molar-refractivity contribution in [2.45, 2.75) is 6.92 Å². The molecule has 0 bridgehead atoms. The molecule has 1 aromatic heterocycles. The molecule has 1 heterocycles. The molecule has 0 amide bonds. The van der Waals surface area contributed by atoms with E-state index in [-0.39, 0.29) is 0 Å². The van der Waals surface area contributed by atoms with Gasteiger partial charge in [0.2, 0.25) is 5.88 Å². The number of nitrogens with two attached hydrogens (primary N) is 1. The fourth-order valence-electron chi connectivity index (χ4n) is 0.830. The number of pyridine rings is 1. The van der Waals surface area contributed by atoms with Crippen molar-refractivity contribution in [2.24, 2.45) is 0 Å². The van der Waals surface area contributed by atoms with Crippen molar-refractivity contribution in [3.8, 4) is 5.88 Å². The standard InChI is InChI=1S/C7H9BrN2O2/c1-4-5(10-11)3-9-7(12-2)6(4)8/h3H,10H2,1-2H3. The SMILES string of the molecule is COc1ncc([NH2+][O-])c(C)c1Br. The molecule has 5 heteroatoms. The lowest BCUT2D eigenvalue weighted by molar-refractivity contribution is -0.497. The molecule has 1 rings (SSSR count). The maximum atomic E-state index is 10.5. The summed E-state index contributed by atoms with van der Waals surface area (Å²) in [6, 6.07) is 0. The van der Waals surface area contributed by atoms with Crippen molar-refractivity contribution in [1.29, 1.82) is 0 Å². The summed E-state index contributed by atoms with van der Waals surface area (Å²) in [6.07, 6.45) is 1.49. The van der Waals surface area contributed by atoms with Gasteiger partial charge in [-0.05, 0) is 22.9 Å². The number of hydrogen-bond donors (Lipinski definition) is 1. The second-order valence-electron chi connectivity index (χ2n) is 2.28. The van der Waals surface area contributed by atoms with Gasteiger partial charge in [0.05, 0.1) is 17.8 Å². The van der Waals surface area contributed by atoms with Gasteiger partial charge in [-0.15, -0.1) is 0 Å². The minimum absolute atomic E-state index is 0.498. The molecule has 0 aliphatic heterocycles. The van der Waals surface area contributed by atoms with Crippen molar-refractivity contribution in [3.05, 3.63) is 21.4 Å². The Kier molecular flexibility index (Phi) is 3.02. The number of aromatic nitrogens is 1. The lowest BCUT2D eigenvalue weighted by atomic mass is 10.2. The van der Waals surface area contributed by atoms with E-state index < -0.39 is 0 Å². The number of ether oxygens (including phenoxy) is 1. The van der Waals surface area contributed by atoms with E-state index in [1.165, 1.54) is 13.3 Å². The molecule has 0 spiro atoms. The summed E-state index contributed by atoms with van der Waals surface area (Å²) >= 11 is 3.29. The largest absolute Gasteiger partial charge is 0.630 e. The van der Waals surface area contributed by atoms with E-state index in [2.05, 4.69) is 20.9 Å². The summed E-state index contributed by atoms with van der Waals surface area (Å²) in [7, 11) is 1.53. The molecule has 0 aliphatic rings. The predicted octanol–water partition coefficient (Wildman–Crippen LogP) is 0.854. The van der Waals surface area contributed by atoms with E-state index in [1.54, 1.807) is 0 Å². The third-order valence-corrected chi connectivity index (χ3v) is 2.53. The van der Waals surface area contributed by atoms with E-state index in [1.807, 2.05) is 6.92 Å². The topological polar surface area (TPSA) is 61.8 Å². The molecule has 66 valence electrons. The molecule has 0 unspecified atom stereocenters. The van der Waals surface area contributed by atoms with Gasteiger partial charge in [0.1, 0.15) is 0 Å². The van der Waals surface area contributed by atoms with Gasteiger partial charge in [0.25, 0.3) is 0 Å². The van der Waals surface area contributed by atoms with Crippen LogP contribution in [0.5, 0.6) is 5.88 Å². The molecular weight excluding hydrogens is 224 g/mol. The first-order chi connectivity index (χ1) is 5.70. The summed E-state index contributed by atoms with van der Waals surface area (Å²) in [6.45, 7) is 1.83. The van der Waals surface area contributed by atoms with E-state index in [4.69, 9.17) is 4.74 Å².